The average Bonchev–Trinajstić information content (AvgIpc) is 2.23. The molecule has 0 aliphatic carbocycles. The van der Waals surface area contributed by atoms with Crippen LogP contribution >= 0.6 is 15.9 Å². The molecule has 0 aromatic heterocycles. The van der Waals surface area contributed by atoms with E-state index in [4.69, 9.17) is 4.74 Å². The van der Waals surface area contributed by atoms with Gasteiger partial charge >= 0.3 is 0 Å². The summed E-state index contributed by atoms with van der Waals surface area (Å²) < 4.78 is 41.2. The third-order valence-electron chi connectivity index (χ3n) is 2.07. The molecule has 1 aromatic rings. The van der Waals surface area contributed by atoms with Crippen molar-refractivity contribution in [1.29, 1.82) is 0 Å². The molecule has 0 saturated carbocycles. The van der Waals surface area contributed by atoms with E-state index in [1.54, 1.807) is 0 Å². The predicted octanol–water partition coefficient (Wildman–Crippen LogP) is 2.79. The molecule has 0 unspecified atom stereocenters. The fourth-order valence-corrected chi connectivity index (χ4v) is 2.79. The van der Waals surface area contributed by atoms with Crippen LogP contribution in [0.2, 0.25) is 0 Å². The number of sulfone groups is 1. The first kappa shape index (κ1) is 14.4. The van der Waals surface area contributed by atoms with Gasteiger partial charge < -0.3 is 4.74 Å². The fourth-order valence-electron chi connectivity index (χ4n) is 1.27. The van der Waals surface area contributed by atoms with E-state index in [-0.39, 0.29) is 23.9 Å². The molecule has 0 atom stereocenters. The lowest BCUT2D eigenvalue weighted by Gasteiger charge is -2.07. The van der Waals surface area contributed by atoms with Crippen molar-refractivity contribution in [2.45, 2.75) is 13.3 Å². The summed E-state index contributed by atoms with van der Waals surface area (Å²) in [5.41, 5.74) is 0. The monoisotopic (exact) mass is 324 g/mol. The number of hydrogen-bond donors (Lipinski definition) is 0. The van der Waals surface area contributed by atoms with Crippen molar-refractivity contribution >= 4 is 25.8 Å². The fraction of sp³-hybridized carbons (Fsp3) is 0.455. The summed E-state index contributed by atoms with van der Waals surface area (Å²) in [5.74, 6) is 0.222. The standard InChI is InChI=1S/C11H14BrFO3S/c1-2-6-17(14,15)7-5-16-9-3-4-11(13)10(12)8-9/h3-4,8H,2,5-7H2,1H3. The van der Waals surface area contributed by atoms with Gasteiger partial charge in [0.25, 0.3) is 0 Å². The molecule has 0 saturated heterocycles. The topological polar surface area (TPSA) is 43.4 Å². The molecule has 0 spiro atoms. The third-order valence-corrected chi connectivity index (χ3v) is 4.50. The number of ether oxygens (including phenoxy) is 1. The number of halogens is 2. The van der Waals surface area contributed by atoms with Crippen molar-refractivity contribution in [3.05, 3.63) is 28.5 Å². The van der Waals surface area contributed by atoms with E-state index in [1.165, 1.54) is 18.2 Å². The van der Waals surface area contributed by atoms with Gasteiger partial charge in [-0.05, 0) is 40.5 Å². The molecule has 0 amide bonds. The molecule has 0 aliphatic rings. The van der Waals surface area contributed by atoms with Gasteiger partial charge in [-0.2, -0.15) is 0 Å². The Morgan fingerprint density at radius 3 is 2.65 bits per heavy atom. The zero-order valence-corrected chi connectivity index (χ0v) is 11.9. The number of rotatable bonds is 6. The first-order valence-electron chi connectivity index (χ1n) is 5.23. The Morgan fingerprint density at radius 2 is 2.06 bits per heavy atom. The lowest BCUT2D eigenvalue weighted by Crippen LogP contribution is -2.16. The molecule has 0 bridgehead atoms. The van der Waals surface area contributed by atoms with Gasteiger partial charge in [0.05, 0.1) is 16.0 Å². The smallest absolute Gasteiger partial charge is 0.153 e. The highest BCUT2D eigenvalue weighted by Crippen LogP contribution is 2.21. The number of benzene rings is 1. The van der Waals surface area contributed by atoms with E-state index in [0.717, 1.165) is 0 Å². The van der Waals surface area contributed by atoms with Gasteiger partial charge in [0.1, 0.15) is 18.2 Å². The van der Waals surface area contributed by atoms with Crippen LogP contribution in [0.4, 0.5) is 4.39 Å². The summed E-state index contributed by atoms with van der Waals surface area (Å²) in [6.45, 7) is 1.90. The van der Waals surface area contributed by atoms with Gasteiger partial charge in [0.2, 0.25) is 0 Å². The first-order valence-corrected chi connectivity index (χ1v) is 7.84. The second kappa shape index (κ2) is 6.35. The van der Waals surface area contributed by atoms with E-state index < -0.39 is 9.84 Å². The van der Waals surface area contributed by atoms with Crippen LogP contribution in [0.3, 0.4) is 0 Å². The van der Waals surface area contributed by atoms with E-state index in [1.807, 2.05) is 6.92 Å². The average molecular weight is 325 g/mol. The molecule has 1 aromatic carbocycles. The molecular weight excluding hydrogens is 311 g/mol. The van der Waals surface area contributed by atoms with Gasteiger partial charge in [0, 0.05) is 0 Å². The molecule has 96 valence electrons. The zero-order chi connectivity index (χ0) is 12.9. The lowest BCUT2D eigenvalue weighted by molar-refractivity contribution is 0.340. The highest BCUT2D eigenvalue weighted by molar-refractivity contribution is 9.10. The van der Waals surface area contributed by atoms with Gasteiger partial charge in [-0.25, -0.2) is 12.8 Å². The molecule has 0 heterocycles. The van der Waals surface area contributed by atoms with Crippen LogP contribution in [0.1, 0.15) is 13.3 Å². The number of hydrogen-bond acceptors (Lipinski definition) is 3. The SMILES string of the molecule is CCCS(=O)(=O)CCOc1ccc(F)c(Br)c1. The lowest BCUT2D eigenvalue weighted by atomic mass is 10.3. The van der Waals surface area contributed by atoms with Crippen LogP contribution in [0.15, 0.2) is 22.7 Å². The molecule has 17 heavy (non-hydrogen) atoms. The highest BCUT2D eigenvalue weighted by Gasteiger charge is 2.09. The van der Waals surface area contributed by atoms with Crippen LogP contribution in [0.25, 0.3) is 0 Å². The Labute approximate surface area is 109 Å². The minimum Gasteiger partial charge on any atom is -0.492 e. The highest BCUT2D eigenvalue weighted by atomic mass is 79.9. The van der Waals surface area contributed by atoms with Gasteiger partial charge in [-0.3, -0.25) is 0 Å². The minimum atomic E-state index is -3.03. The Balaban J connectivity index is 2.49. The van der Waals surface area contributed by atoms with Crippen LogP contribution in [-0.2, 0) is 9.84 Å². The van der Waals surface area contributed by atoms with Crippen LogP contribution < -0.4 is 4.74 Å². The summed E-state index contributed by atoms with van der Waals surface area (Å²) in [5, 5.41) is 0. The molecule has 0 fully saturated rings. The maximum atomic E-state index is 12.9. The summed E-state index contributed by atoms with van der Waals surface area (Å²) in [4.78, 5) is 0. The van der Waals surface area contributed by atoms with Crippen molar-refractivity contribution in [3.8, 4) is 5.75 Å². The maximum absolute atomic E-state index is 12.9. The maximum Gasteiger partial charge on any atom is 0.153 e. The Bertz CT molecular complexity index is 474. The second-order valence-corrected chi connectivity index (χ2v) is 6.73. The van der Waals surface area contributed by atoms with E-state index in [9.17, 15) is 12.8 Å². The first-order chi connectivity index (χ1) is 7.94. The summed E-state index contributed by atoms with van der Waals surface area (Å²) in [6.07, 6.45) is 0.602. The molecule has 1 rings (SSSR count). The summed E-state index contributed by atoms with van der Waals surface area (Å²) in [6, 6.07) is 4.20. The van der Waals surface area contributed by atoms with Gasteiger partial charge in [-0.1, -0.05) is 6.92 Å². The zero-order valence-electron chi connectivity index (χ0n) is 9.45. The third kappa shape index (κ3) is 5.04. The summed E-state index contributed by atoms with van der Waals surface area (Å²) in [7, 11) is -3.03. The normalized spacial score (nSPS) is 11.5. The second-order valence-electron chi connectivity index (χ2n) is 3.58. The molecule has 0 radical (unpaired) electrons. The van der Waals surface area contributed by atoms with Crippen LogP contribution in [0, 0.1) is 5.82 Å². The van der Waals surface area contributed by atoms with Crippen molar-refractivity contribution in [2.24, 2.45) is 0 Å². The summed E-state index contributed by atoms with van der Waals surface area (Å²) >= 11 is 3.03. The van der Waals surface area contributed by atoms with E-state index in [2.05, 4.69) is 15.9 Å². The minimum absolute atomic E-state index is 0.0180. The van der Waals surface area contributed by atoms with Crippen molar-refractivity contribution < 1.29 is 17.5 Å². The van der Waals surface area contributed by atoms with Gasteiger partial charge in [0.15, 0.2) is 9.84 Å². The Hall–Kier alpha value is -0.620. The van der Waals surface area contributed by atoms with Gasteiger partial charge in [-0.15, -0.1) is 0 Å². The molecule has 3 nitrogen and oxygen atoms in total. The molecule has 6 heteroatoms. The van der Waals surface area contributed by atoms with Crippen LogP contribution in [0.5, 0.6) is 5.75 Å². The van der Waals surface area contributed by atoms with Crippen LogP contribution in [-0.4, -0.2) is 26.5 Å². The van der Waals surface area contributed by atoms with E-state index >= 15 is 0 Å². The molecule has 0 N–H and O–H groups in total. The Morgan fingerprint density at radius 1 is 1.35 bits per heavy atom. The predicted molar refractivity (Wildman–Crippen MR) is 68.5 cm³/mol. The van der Waals surface area contributed by atoms with Crippen molar-refractivity contribution in [2.75, 3.05) is 18.1 Å². The molecule has 0 aliphatic heterocycles. The van der Waals surface area contributed by atoms with Crippen molar-refractivity contribution in [3.63, 3.8) is 0 Å². The quantitative estimate of drug-likeness (QED) is 0.808. The van der Waals surface area contributed by atoms with Crippen molar-refractivity contribution in [1.82, 2.24) is 0 Å². The Kier molecular flexibility index (Phi) is 5.39. The molecular formula is C11H14BrFO3S. The largest absolute Gasteiger partial charge is 0.492 e. The van der Waals surface area contributed by atoms with E-state index in [0.29, 0.717) is 16.6 Å².